The Morgan fingerprint density at radius 2 is 1.81 bits per heavy atom. The minimum atomic E-state index is 0.125. The molecule has 0 fully saturated rings. The zero-order valence-electron chi connectivity index (χ0n) is 9.78. The summed E-state index contributed by atoms with van der Waals surface area (Å²) in [5.41, 5.74) is 0.930. The monoisotopic (exact) mass is 224 g/mol. The second-order valence-corrected chi connectivity index (χ2v) is 3.62. The van der Waals surface area contributed by atoms with E-state index in [2.05, 4.69) is 6.92 Å². The summed E-state index contributed by atoms with van der Waals surface area (Å²) in [6.07, 6.45) is 5.68. The van der Waals surface area contributed by atoms with E-state index in [1.165, 1.54) is 25.3 Å². The van der Waals surface area contributed by atoms with E-state index in [1.807, 2.05) is 6.79 Å². The topological polar surface area (TPSA) is 57.5 Å². The molecular formula is C13H20O3. The van der Waals surface area contributed by atoms with Gasteiger partial charge in [0.15, 0.2) is 0 Å². The summed E-state index contributed by atoms with van der Waals surface area (Å²) in [4.78, 5) is 8.00. The lowest BCUT2D eigenvalue weighted by molar-refractivity contribution is -0.0979. The first-order chi connectivity index (χ1) is 7.74. The predicted molar refractivity (Wildman–Crippen MR) is 64.7 cm³/mol. The van der Waals surface area contributed by atoms with E-state index in [0.717, 1.165) is 18.4 Å². The van der Waals surface area contributed by atoms with E-state index in [1.54, 1.807) is 12.1 Å². The van der Waals surface area contributed by atoms with Crippen molar-refractivity contribution >= 4 is 6.79 Å². The summed E-state index contributed by atoms with van der Waals surface area (Å²) in [5, 5.41) is 18.6. The van der Waals surface area contributed by atoms with E-state index >= 15 is 0 Å². The molecule has 1 rings (SSSR count). The third-order valence-corrected chi connectivity index (χ3v) is 2.37. The first-order valence-corrected chi connectivity index (χ1v) is 5.53. The van der Waals surface area contributed by atoms with Gasteiger partial charge in [0, 0.05) is 6.07 Å². The van der Waals surface area contributed by atoms with Gasteiger partial charge in [-0.25, -0.2) is 0 Å². The van der Waals surface area contributed by atoms with Crippen molar-refractivity contribution in [2.45, 2.75) is 39.0 Å². The number of benzene rings is 1. The standard InChI is InChI=1S/C12H18O2.CH2O/c1-2-3-4-5-6-10-7-8-11(13)9-12(10)14;1-2/h7-9,13-14H,2-6H2,1H3;1H2. The van der Waals surface area contributed by atoms with Gasteiger partial charge in [-0.05, 0) is 24.5 Å². The number of carbonyl (C=O) groups is 1. The molecule has 0 aromatic heterocycles. The number of aromatic hydroxyl groups is 2. The maximum Gasteiger partial charge on any atom is 0.122 e. The number of phenols is 2. The van der Waals surface area contributed by atoms with Crippen molar-refractivity contribution in [3.05, 3.63) is 23.8 Å². The average molecular weight is 224 g/mol. The number of aryl methyl sites for hydroxylation is 1. The van der Waals surface area contributed by atoms with Crippen LogP contribution in [-0.2, 0) is 11.2 Å². The van der Waals surface area contributed by atoms with Gasteiger partial charge < -0.3 is 15.0 Å². The highest BCUT2D eigenvalue weighted by atomic mass is 16.3. The Hall–Kier alpha value is -1.51. The minimum Gasteiger partial charge on any atom is -0.508 e. The molecule has 0 saturated heterocycles. The van der Waals surface area contributed by atoms with Crippen LogP contribution in [-0.4, -0.2) is 17.0 Å². The van der Waals surface area contributed by atoms with Crippen LogP contribution in [0.25, 0.3) is 0 Å². The summed E-state index contributed by atoms with van der Waals surface area (Å²) in [6, 6.07) is 4.81. The van der Waals surface area contributed by atoms with Crippen LogP contribution in [0.1, 0.15) is 38.2 Å². The molecule has 0 aliphatic heterocycles. The maximum absolute atomic E-state index is 9.49. The maximum atomic E-state index is 9.49. The smallest absolute Gasteiger partial charge is 0.122 e. The first kappa shape index (κ1) is 14.5. The summed E-state index contributed by atoms with van der Waals surface area (Å²) in [5.74, 6) is 0.335. The van der Waals surface area contributed by atoms with Gasteiger partial charge in [0.1, 0.15) is 18.3 Å². The van der Waals surface area contributed by atoms with Gasteiger partial charge in [-0.1, -0.05) is 32.3 Å². The minimum absolute atomic E-state index is 0.125. The van der Waals surface area contributed by atoms with Crippen LogP contribution in [0.15, 0.2) is 18.2 Å². The lowest BCUT2D eigenvalue weighted by Crippen LogP contribution is -1.86. The lowest BCUT2D eigenvalue weighted by Gasteiger charge is -2.04. The number of phenolic OH excluding ortho intramolecular Hbond substituents is 2. The van der Waals surface area contributed by atoms with Gasteiger partial charge >= 0.3 is 0 Å². The molecule has 0 unspecified atom stereocenters. The number of hydrogen-bond acceptors (Lipinski definition) is 3. The Bertz CT molecular complexity index is 297. The zero-order chi connectivity index (χ0) is 12.4. The number of carbonyl (C=O) groups excluding carboxylic acids is 1. The third kappa shape index (κ3) is 5.39. The van der Waals surface area contributed by atoms with E-state index in [0.29, 0.717) is 0 Å². The summed E-state index contributed by atoms with van der Waals surface area (Å²) >= 11 is 0. The number of hydrogen-bond donors (Lipinski definition) is 2. The normalized spacial score (nSPS) is 9.31. The van der Waals surface area contributed by atoms with Gasteiger partial charge in [-0.15, -0.1) is 0 Å². The Labute approximate surface area is 96.7 Å². The molecule has 3 heteroatoms. The number of unbranched alkanes of at least 4 members (excludes halogenated alkanes) is 3. The molecule has 0 aliphatic carbocycles. The van der Waals surface area contributed by atoms with Gasteiger partial charge in [0.25, 0.3) is 0 Å². The Morgan fingerprint density at radius 1 is 1.12 bits per heavy atom. The van der Waals surface area contributed by atoms with Crippen molar-refractivity contribution in [3.63, 3.8) is 0 Å². The van der Waals surface area contributed by atoms with Crippen LogP contribution in [0.4, 0.5) is 0 Å². The predicted octanol–water partition coefficient (Wildman–Crippen LogP) is 3.04. The second-order valence-electron chi connectivity index (χ2n) is 3.62. The van der Waals surface area contributed by atoms with Crippen LogP contribution in [0.2, 0.25) is 0 Å². The molecule has 0 amide bonds. The van der Waals surface area contributed by atoms with E-state index < -0.39 is 0 Å². The molecule has 3 nitrogen and oxygen atoms in total. The fourth-order valence-corrected chi connectivity index (χ4v) is 1.51. The quantitative estimate of drug-likeness (QED) is 0.756. The Kier molecular flexibility index (Phi) is 7.94. The SMILES string of the molecule is C=O.CCCCCCc1ccc(O)cc1O. The van der Waals surface area contributed by atoms with Gasteiger partial charge in [-0.3, -0.25) is 0 Å². The van der Waals surface area contributed by atoms with E-state index in [-0.39, 0.29) is 11.5 Å². The molecule has 0 radical (unpaired) electrons. The van der Waals surface area contributed by atoms with Gasteiger partial charge in [0.2, 0.25) is 0 Å². The van der Waals surface area contributed by atoms with Crippen molar-refractivity contribution in [1.29, 1.82) is 0 Å². The van der Waals surface area contributed by atoms with Crippen molar-refractivity contribution < 1.29 is 15.0 Å². The first-order valence-electron chi connectivity index (χ1n) is 5.53. The zero-order valence-corrected chi connectivity index (χ0v) is 9.78. The molecule has 0 heterocycles. The van der Waals surface area contributed by atoms with Crippen molar-refractivity contribution in [2.75, 3.05) is 0 Å². The molecule has 0 spiro atoms. The van der Waals surface area contributed by atoms with Crippen LogP contribution in [0.5, 0.6) is 11.5 Å². The molecule has 2 N–H and O–H groups in total. The van der Waals surface area contributed by atoms with Gasteiger partial charge in [-0.2, -0.15) is 0 Å². The van der Waals surface area contributed by atoms with E-state index in [9.17, 15) is 5.11 Å². The molecule has 0 atom stereocenters. The van der Waals surface area contributed by atoms with Crippen molar-refractivity contribution in [3.8, 4) is 11.5 Å². The molecule has 90 valence electrons. The average Bonchev–Trinajstić information content (AvgIpc) is 2.29. The molecule has 0 bridgehead atoms. The summed E-state index contributed by atoms with van der Waals surface area (Å²) in [6.45, 7) is 4.18. The molecule has 0 saturated carbocycles. The van der Waals surface area contributed by atoms with E-state index in [4.69, 9.17) is 9.90 Å². The molecule has 1 aromatic carbocycles. The van der Waals surface area contributed by atoms with Crippen LogP contribution >= 0.6 is 0 Å². The fraction of sp³-hybridized carbons (Fsp3) is 0.462. The van der Waals surface area contributed by atoms with Crippen LogP contribution < -0.4 is 0 Å². The molecule has 16 heavy (non-hydrogen) atoms. The van der Waals surface area contributed by atoms with Crippen molar-refractivity contribution in [1.82, 2.24) is 0 Å². The van der Waals surface area contributed by atoms with Crippen LogP contribution in [0, 0.1) is 0 Å². The Balaban J connectivity index is 0.00000106. The number of rotatable bonds is 5. The third-order valence-electron chi connectivity index (χ3n) is 2.37. The van der Waals surface area contributed by atoms with Crippen LogP contribution in [0.3, 0.4) is 0 Å². The summed E-state index contributed by atoms with van der Waals surface area (Å²) < 4.78 is 0. The Morgan fingerprint density at radius 3 is 2.38 bits per heavy atom. The molecular weight excluding hydrogens is 204 g/mol. The largest absolute Gasteiger partial charge is 0.508 e. The summed E-state index contributed by atoms with van der Waals surface area (Å²) in [7, 11) is 0. The molecule has 0 aliphatic rings. The fourth-order valence-electron chi connectivity index (χ4n) is 1.51. The highest BCUT2D eigenvalue weighted by Gasteiger charge is 2.01. The highest BCUT2D eigenvalue weighted by Crippen LogP contribution is 2.24. The molecule has 1 aromatic rings. The van der Waals surface area contributed by atoms with Crippen molar-refractivity contribution in [2.24, 2.45) is 0 Å². The van der Waals surface area contributed by atoms with Gasteiger partial charge in [0.05, 0.1) is 0 Å². The highest BCUT2D eigenvalue weighted by molar-refractivity contribution is 5.38. The second kappa shape index (κ2) is 8.77. The lowest BCUT2D eigenvalue weighted by atomic mass is 10.1.